The molecule has 0 unspecified atom stereocenters. The SMILES string of the molecule is CCCOc1c(Br)cc(C(=O)N2CCN(C(=O)C(=O)NC(C)C)CC2)cc1OC. The van der Waals surface area contributed by atoms with Gasteiger partial charge in [-0.05, 0) is 48.3 Å². The third-order valence-electron chi connectivity index (χ3n) is 4.40. The van der Waals surface area contributed by atoms with Gasteiger partial charge in [0.25, 0.3) is 5.91 Å². The van der Waals surface area contributed by atoms with Crippen LogP contribution in [0.25, 0.3) is 0 Å². The van der Waals surface area contributed by atoms with Gasteiger partial charge in [0.15, 0.2) is 11.5 Å². The van der Waals surface area contributed by atoms with Gasteiger partial charge < -0.3 is 24.6 Å². The molecule has 0 atom stereocenters. The molecule has 0 aromatic heterocycles. The van der Waals surface area contributed by atoms with Crippen LogP contribution in [0.5, 0.6) is 11.5 Å². The smallest absolute Gasteiger partial charge is 0.312 e. The summed E-state index contributed by atoms with van der Waals surface area (Å²) in [5, 5.41) is 2.60. The van der Waals surface area contributed by atoms with Crippen LogP contribution in [0.3, 0.4) is 0 Å². The van der Waals surface area contributed by atoms with Gasteiger partial charge in [0.05, 0.1) is 18.2 Å². The van der Waals surface area contributed by atoms with Gasteiger partial charge in [-0.25, -0.2) is 0 Å². The Kier molecular flexibility index (Phi) is 8.31. The minimum absolute atomic E-state index is 0.105. The van der Waals surface area contributed by atoms with Crippen LogP contribution in [-0.4, -0.2) is 73.5 Å². The zero-order valence-electron chi connectivity index (χ0n) is 17.3. The third-order valence-corrected chi connectivity index (χ3v) is 4.98. The van der Waals surface area contributed by atoms with Crippen molar-refractivity contribution in [2.75, 3.05) is 39.9 Å². The number of rotatable bonds is 6. The molecule has 0 spiro atoms. The van der Waals surface area contributed by atoms with Crippen molar-refractivity contribution in [2.24, 2.45) is 0 Å². The van der Waals surface area contributed by atoms with Gasteiger partial charge in [-0.3, -0.25) is 14.4 Å². The molecule has 0 saturated carbocycles. The molecule has 2 rings (SSSR count). The molecule has 160 valence electrons. The highest BCUT2D eigenvalue weighted by Gasteiger charge is 2.29. The van der Waals surface area contributed by atoms with Crippen molar-refractivity contribution in [1.82, 2.24) is 15.1 Å². The summed E-state index contributed by atoms with van der Waals surface area (Å²) in [7, 11) is 1.53. The zero-order valence-corrected chi connectivity index (χ0v) is 18.9. The Morgan fingerprint density at radius 3 is 2.31 bits per heavy atom. The van der Waals surface area contributed by atoms with E-state index in [1.807, 2.05) is 6.92 Å². The molecule has 1 N–H and O–H groups in total. The number of amides is 3. The lowest BCUT2D eigenvalue weighted by Crippen LogP contribution is -2.54. The molecule has 1 heterocycles. The fourth-order valence-electron chi connectivity index (χ4n) is 2.95. The van der Waals surface area contributed by atoms with E-state index in [-0.39, 0.29) is 11.9 Å². The first kappa shape index (κ1) is 23.0. The Morgan fingerprint density at radius 1 is 1.14 bits per heavy atom. The van der Waals surface area contributed by atoms with Gasteiger partial charge in [-0.1, -0.05) is 6.92 Å². The summed E-state index contributed by atoms with van der Waals surface area (Å²) in [5.41, 5.74) is 0.468. The lowest BCUT2D eigenvalue weighted by atomic mass is 10.1. The fraction of sp³-hybridized carbons (Fsp3) is 0.550. The van der Waals surface area contributed by atoms with Crippen LogP contribution in [0.1, 0.15) is 37.6 Å². The second-order valence-corrected chi connectivity index (χ2v) is 7.90. The van der Waals surface area contributed by atoms with E-state index in [2.05, 4.69) is 21.2 Å². The number of carbonyl (C=O) groups excluding carboxylic acids is 3. The first-order valence-corrected chi connectivity index (χ1v) is 10.5. The quantitative estimate of drug-likeness (QED) is 0.644. The van der Waals surface area contributed by atoms with E-state index < -0.39 is 11.8 Å². The summed E-state index contributed by atoms with van der Waals surface area (Å²) in [6, 6.07) is 3.27. The van der Waals surface area contributed by atoms with Crippen LogP contribution >= 0.6 is 15.9 Å². The highest BCUT2D eigenvalue weighted by molar-refractivity contribution is 9.10. The van der Waals surface area contributed by atoms with Gasteiger partial charge in [0, 0.05) is 37.8 Å². The van der Waals surface area contributed by atoms with Crippen molar-refractivity contribution in [3.05, 3.63) is 22.2 Å². The highest BCUT2D eigenvalue weighted by atomic mass is 79.9. The number of nitrogens with zero attached hydrogens (tertiary/aromatic N) is 2. The molecule has 1 aromatic carbocycles. The molecular weight excluding hydrogens is 442 g/mol. The van der Waals surface area contributed by atoms with E-state index in [0.29, 0.717) is 54.3 Å². The molecule has 1 saturated heterocycles. The Labute approximate surface area is 179 Å². The summed E-state index contributed by atoms with van der Waals surface area (Å²) in [4.78, 5) is 40.2. The number of hydrogen-bond donors (Lipinski definition) is 1. The number of halogens is 1. The predicted octanol–water partition coefficient (Wildman–Crippen LogP) is 2.06. The minimum Gasteiger partial charge on any atom is -0.493 e. The van der Waals surface area contributed by atoms with Crippen molar-refractivity contribution in [1.29, 1.82) is 0 Å². The van der Waals surface area contributed by atoms with Crippen LogP contribution in [0.2, 0.25) is 0 Å². The van der Waals surface area contributed by atoms with Crippen molar-refractivity contribution in [2.45, 2.75) is 33.2 Å². The summed E-state index contributed by atoms with van der Waals surface area (Å²) in [6.07, 6.45) is 0.856. The Balaban J connectivity index is 2.04. The highest BCUT2D eigenvalue weighted by Crippen LogP contribution is 2.37. The topological polar surface area (TPSA) is 88.2 Å². The second-order valence-electron chi connectivity index (χ2n) is 7.05. The van der Waals surface area contributed by atoms with Crippen molar-refractivity contribution >= 4 is 33.7 Å². The van der Waals surface area contributed by atoms with E-state index in [4.69, 9.17) is 9.47 Å². The normalized spacial score (nSPS) is 14.0. The van der Waals surface area contributed by atoms with E-state index in [0.717, 1.165) is 6.42 Å². The van der Waals surface area contributed by atoms with Gasteiger partial charge in [0.1, 0.15) is 0 Å². The predicted molar refractivity (Wildman–Crippen MR) is 112 cm³/mol. The molecule has 0 bridgehead atoms. The van der Waals surface area contributed by atoms with Crippen LogP contribution in [0, 0.1) is 0 Å². The van der Waals surface area contributed by atoms with Crippen molar-refractivity contribution < 1.29 is 23.9 Å². The van der Waals surface area contributed by atoms with Gasteiger partial charge >= 0.3 is 11.8 Å². The molecule has 1 aliphatic heterocycles. The first-order valence-electron chi connectivity index (χ1n) is 9.67. The monoisotopic (exact) mass is 469 g/mol. The standard InChI is InChI=1S/C20H28BrN3O5/c1-5-10-29-17-15(21)11-14(12-16(17)28-4)19(26)23-6-8-24(9-7-23)20(27)18(25)22-13(2)3/h11-13H,5-10H2,1-4H3,(H,22,25). The maximum Gasteiger partial charge on any atom is 0.312 e. The Hall–Kier alpha value is -2.29. The molecule has 1 fully saturated rings. The van der Waals surface area contributed by atoms with Crippen LogP contribution in [0.4, 0.5) is 0 Å². The summed E-state index contributed by atoms with van der Waals surface area (Å²) < 4.78 is 11.7. The number of carbonyl (C=O) groups is 3. The molecule has 0 aliphatic carbocycles. The van der Waals surface area contributed by atoms with Gasteiger partial charge in [0.2, 0.25) is 0 Å². The Morgan fingerprint density at radius 2 is 1.76 bits per heavy atom. The largest absolute Gasteiger partial charge is 0.493 e. The molecular formula is C20H28BrN3O5. The third kappa shape index (κ3) is 5.85. The summed E-state index contributed by atoms with van der Waals surface area (Å²) >= 11 is 3.45. The number of hydrogen-bond acceptors (Lipinski definition) is 5. The van der Waals surface area contributed by atoms with E-state index in [9.17, 15) is 14.4 Å². The maximum atomic E-state index is 12.9. The van der Waals surface area contributed by atoms with Gasteiger partial charge in [-0.2, -0.15) is 0 Å². The maximum absolute atomic E-state index is 12.9. The number of piperazine rings is 1. The lowest BCUT2D eigenvalue weighted by Gasteiger charge is -2.34. The molecule has 8 nitrogen and oxygen atoms in total. The summed E-state index contributed by atoms with van der Waals surface area (Å²) in [5.74, 6) is -0.290. The van der Waals surface area contributed by atoms with Crippen LogP contribution in [-0.2, 0) is 9.59 Å². The first-order chi connectivity index (χ1) is 13.8. The van der Waals surface area contributed by atoms with Gasteiger partial charge in [-0.15, -0.1) is 0 Å². The van der Waals surface area contributed by atoms with Crippen LogP contribution < -0.4 is 14.8 Å². The molecule has 1 aromatic rings. The second kappa shape index (κ2) is 10.5. The van der Waals surface area contributed by atoms with E-state index >= 15 is 0 Å². The lowest BCUT2D eigenvalue weighted by molar-refractivity contribution is -0.147. The summed E-state index contributed by atoms with van der Waals surface area (Å²) in [6.45, 7) is 7.48. The van der Waals surface area contributed by atoms with Crippen molar-refractivity contribution in [3.8, 4) is 11.5 Å². The molecule has 1 aliphatic rings. The van der Waals surface area contributed by atoms with Crippen LogP contribution in [0.15, 0.2) is 16.6 Å². The molecule has 0 radical (unpaired) electrons. The number of ether oxygens (including phenoxy) is 2. The minimum atomic E-state index is -0.615. The fourth-order valence-corrected chi connectivity index (χ4v) is 3.51. The van der Waals surface area contributed by atoms with E-state index in [1.54, 1.807) is 30.9 Å². The average molecular weight is 470 g/mol. The van der Waals surface area contributed by atoms with E-state index in [1.165, 1.54) is 12.0 Å². The number of methoxy groups -OCH3 is 1. The molecule has 3 amide bonds. The van der Waals surface area contributed by atoms with Crippen molar-refractivity contribution in [3.63, 3.8) is 0 Å². The number of benzene rings is 1. The Bertz CT molecular complexity index is 761. The molecule has 29 heavy (non-hydrogen) atoms. The average Bonchev–Trinajstić information content (AvgIpc) is 2.70. The number of nitrogens with one attached hydrogen (secondary N) is 1. The molecule has 9 heteroatoms. The zero-order chi connectivity index (χ0) is 21.6.